The first-order valence-electron chi connectivity index (χ1n) is 6.94. The highest BCUT2D eigenvalue weighted by Crippen LogP contribution is 2.30. The first kappa shape index (κ1) is 19.6. The number of aryl methyl sites for hydroxylation is 1. The summed E-state index contributed by atoms with van der Waals surface area (Å²) in [5.74, 6) is -1.39. The van der Waals surface area contributed by atoms with E-state index in [0.29, 0.717) is 12.0 Å². The molecule has 0 unspecified atom stereocenters. The summed E-state index contributed by atoms with van der Waals surface area (Å²) in [6, 6.07) is 4.35. The Kier molecular flexibility index (Phi) is 6.87. The molecule has 0 saturated carbocycles. The van der Waals surface area contributed by atoms with Crippen LogP contribution in [0.4, 0.5) is 13.2 Å². The van der Waals surface area contributed by atoms with Gasteiger partial charge in [-0.2, -0.15) is 13.2 Å². The van der Waals surface area contributed by atoms with Crippen LogP contribution < -0.4 is 9.47 Å². The molecule has 0 atom stereocenters. The van der Waals surface area contributed by atoms with E-state index >= 15 is 0 Å². The summed E-state index contributed by atoms with van der Waals surface area (Å²) >= 11 is 0. The number of rotatable bonds is 8. The molecule has 6 nitrogen and oxygen atoms in total. The van der Waals surface area contributed by atoms with Crippen LogP contribution in [0.2, 0.25) is 0 Å². The lowest BCUT2D eigenvalue weighted by atomic mass is 10.1. The number of aliphatic carboxylic acids is 1. The molecule has 0 aliphatic heterocycles. The number of carboxylic acids is 1. The maximum absolute atomic E-state index is 12.2. The van der Waals surface area contributed by atoms with Crippen LogP contribution in [0.3, 0.4) is 0 Å². The molecule has 1 N–H and O–H groups in total. The molecule has 0 fully saturated rings. The third-order valence-electron chi connectivity index (χ3n) is 3.05. The highest BCUT2D eigenvalue weighted by molar-refractivity contribution is 5.81. The number of carbonyl (C=O) groups is 2. The highest BCUT2D eigenvalue weighted by Gasteiger charge is 2.29. The lowest BCUT2D eigenvalue weighted by molar-refractivity contribution is -0.153. The second kappa shape index (κ2) is 8.42. The van der Waals surface area contributed by atoms with Gasteiger partial charge in [-0.15, -0.1) is 0 Å². The number of benzene rings is 1. The molecule has 0 radical (unpaired) electrons. The fourth-order valence-corrected chi connectivity index (χ4v) is 1.88. The molecule has 1 aromatic carbocycles. The van der Waals surface area contributed by atoms with Crippen molar-refractivity contribution >= 4 is 11.9 Å². The molecule has 0 bridgehead atoms. The number of likely N-dealkylation sites (N-methyl/N-ethyl adjacent to an activating group) is 1. The summed E-state index contributed by atoms with van der Waals surface area (Å²) in [6.45, 7) is -1.83. The van der Waals surface area contributed by atoms with Gasteiger partial charge in [0.05, 0.1) is 7.11 Å². The van der Waals surface area contributed by atoms with Crippen molar-refractivity contribution in [2.75, 3.05) is 27.3 Å². The summed E-state index contributed by atoms with van der Waals surface area (Å²) in [4.78, 5) is 23.4. The van der Waals surface area contributed by atoms with Gasteiger partial charge >= 0.3 is 12.1 Å². The van der Waals surface area contributed by atoms with E-state index in [9.17, 15) is 22.8 Å². The van der Waals surface area contributed by atoms with Crippen LogP contribution in [0.15, 0.2) is 18.2 Å². The fourth-order valence-electron chi connectivity index (χ4n) is 1.88. The molecule has 1 rings (SSSR count). The van der Waals surface area contributed by atoms with E-state index in [4.69, 9.17) is 9.84 Å². The second-order valence-corrected chi connectivity index (χ2v) is 5.03. The van der Waals surface area contributed by atoms with Crippen molar-refractivity contribution < 1.29 is 37.3 Å². The Morgan fingerprint density at radius 1 is 1.25 bits per heavy atom. The minimum atomic E-state index is -4.45. The van der Waals surface area contributed by atoms with E-state index in [0.717, 1.165) is 4.90 Å². The highest BCUT2D eigenvalue weighted by atomic mass is 19.4. The van der Waals surface area contributed by atoms with Gasteiger partial charge in [-0.05, 0) is 24.1 Å². The van der Waals surface area contributed by atoms with Crippen molar-refractivity contribution in [1.82, 2.24) is 4.90 Å². The molecule has 0 aliphatic carbocycles. The zero-order chi connectivity index (χ0) is 18.3. The first-order valence-corrected chi connectivity index (χ1v) is 6.94. The summed E-state index contributed by atoms with van der Waals surface area (Å²) < 4.78 is 46.2. The van der Waals surface area contributed by atoms with Gasteiger partial charge < -0.3 is 19.5 Å². The Morgan fingerprint density at radius 2 is 1.92 bits per heavy atom. The molecule has 134 valence electrons. The van der Waals surface area contributed by atoms with Crippen molar-refractivity contribution in [2.45, 2.75) is 19.0 Å². The largest absolute Gasteiger partial charge is 0.493 e. The smallest absolute Gasteiger partial charge is 0.422 e. The van der Waals surface area contributed by atoms with Gasteiger partial charge in [0.15, 0.2) is 18.1 Å². The van der Waals surface area contributed by atoms with Crippen molar-refractivity contribution in [2.24, 2.45) is 0 Å². The van der Waals surface area contributed by atoms with Gasteiger partial charge in [0.25, 0.3) is 0 Å². The number of halogens is 3. The van der Waals surface area contributed by atoms with Crippen LogP contribution in [0.5, 0.6) is 11.5 Å². The molecule has 0 aliphatic rings. The van der Waals surface area contributed by atoms with Crippen molar-refractivity contribution in [3.8, 4) is 11.5 Å². The van der Waals surface area contributed by atoms with Crippen molar-refractivity contribution in [3.63, 3.8) is 0 Å². The van der Waals surface area contributed by atoms with Crippen LogP contribution in [0.25, 0.3) is 0 Å². The molecule has 24 heavy (non-hydrogen) atoms. The Morgan fingerprint density at radius 3 is 2.46 bits per heavy atom. The van der Waals surface area contributed by atoms with Gasteiger partial charge in [-0.25, -0.2) is 0 Å². The van der Waals surface area contributed by atoms with Crippen molar-refractivity contribution in [3.05, 3.63) is 23.8 Å². The van der Waals surface area contributed by atoms with Gasteiger partial charge in [0.2, 0.25) is 5.91 Å². The van der Waals surface area contributed by atoms with Crippen molar-refractivity contribution in [1.29, 1.82) is 0 Å². The zero-order valence-electron chi connectivity index (χ0n) is 13.2. The van der Waals surface area contributed by atoms with Crippen LogP contribution in [-0.2, 0) is 16.0 Å². The number of carboxylic acid groups (broad SMARTS) is 1. The molecular weight excluding hydrogens is 331 g/mol. The molecule has 0 saturated heterocycles. The lowest BCUT2D eigenvalue weighted by Gasteiger charge is -2.15. The average Bonchev–Trinajstić information content (AvgIpc) is 2.49. The van der Waals surface area contributed by atoms with Crippen LogP contribution in [0.1, 0.15) is 12.0 Å². The van der Waals surface area contributed by atoms with E-state index in [-0.39, 0.29) is 23.8 Å². The molecule has 0 spiro atoms. The fraction of sp³-hybridized carbons (Fsp3) is 0.467. The van der Waals surface area contributed by atoms with Crippen LogP contribution in [-0.4, -0.2) is 55.4 Å². The number of amides is 1. The Bertz CT molecular complexity index is 589. The van der Waals surface area contributed by atoms with Gasteiger partial charge in [0, 0.05) is 13.5 Å². The number of carbonyl (C=O) groups excluding carboxylic acids is 1. The standard InChI is InChI=1S/C15H18F3NO5/c1-19(8-14(21)22)13(20)6-4-10-3-5-11(12(7-10)23-2)24-9-15(16,17)18/h3,5,7H,4,6,8-9H2,1-2H3,(H,21,22). The lowest BCUT2D eigenvalue weighted by Crippen LogP contribution is -2.32. The molecule has 1 aromatic rings. The predicted molar refractivity (Wildman–Crippen MR) is 78.1 cm³/mol. The summed E-state index contributed by atoms with van der Waals surface area (Å²) in [6.07, 6.45) is -4.10. The van der Waals surface area contributed by atoms with E-state index < -0.39 is 25.3 Å². The number of hydrogen-bond donors (Lipinski definition) is 1. The predicted octanol–water partition coefficient (Wildman–Crippen LogP) is 2.11. The summed E-state index contributed by atoms with van der Waals surface area (Å²) in [7, 11) is 2.68. The van der Waals surface area contributed by atoms with E-state index in [1.165, 1.54) is 32.4 Å². The number of nitrogens with zero attached hydrogens (tertiary/aromatic N) is 1. The van der Waals surface area contributed by atoms with E-state index in [1.54, 1.807) is 0 Å². The minimum absolute atomic E-state index is 0.0482. The molecule has 0 heterocycles. The Balaban J connectivity index is 2.67. The normalized spacial score (nSPS) is 11.0. The third-order valence-corrected chi connectivity index (χ3v) is 3.05. The maximum Gasteiger partial charge on any atom is 0.422 e. The SMILES string of the molecule is COc1cc(CCC(=O)N(C)CC(=O)O)ccc1OCC(F)(F)F. The zero-order valence-corrected chi connectivity index (χ0v) is 13.2. The number of methoxy groups -OCH3 is 1. The van der Waals surface area contributed by atoms with E-state index in [2.05, 4.69) is 4.74 Å². The first-order chi connectivity index (χ1) is 11.1. The topological polar surface area (TPSA) is 76.1 Å². The minimum Gasteiger partial charge on any atom is -0.493 e. The second-order valence-electron chi connectivity index (χ2n) is 5.03. The average molecular weight is 349 g/mol. The number of hydrogen-bond acceptors (Lipinski definition) is 4. The Labute approximate surface area is 136 Å². The molecule has 9 heteroatoms. The number of ether oxygens (including phenoxy) is 2. The van der Waals surface area contributed by atoms with Gasteiger partial charge in [-0.1, -0.05) is 6.07 Å². The molecule has 1 amide bonds. The molecule has 0 aromatic heterocycles. The van der Waals surface area contributed by atoms with Crippen LogP contribution in [0, 0.1) is 0 Å². The van der Waals surface area contributed by atoms with Gasteiger partial charge in [0.1, 0.15) is 6.54 Å². The number of alkyl halides is 3. The quantitative estimate of drug-likeness (QED) is 0.778. The molecular formula is C15H18F3NO5. The van der Waals surface area contributed by atoms with E-state index in [1.807, 2.05) is 0 Å². The van der Waals surface area contributed by atoms with Gasteiger partial charge in [-0.3, -0.25) is 9.59 Å². The summed E-state index contributed by atoms with van der Waals surface area (Å²) in [5, 5.41) is 8.62. The third kappa shape index (κ3) is 6.76. The van der Waals surface area contributed by atoms with Crippen LogP contribution >= 0.6 is 0 Å². The maximum atomic E-state index is 12.2. The monoisotopic (exact) mass is 349 g/mol. The summed E-state index contributed by atoms with van der Waals surface area (Å²) in [5.41, 5.74) is 0.656. The Hall–Kier alpha value is -2.45.